The smallest absolute Gasteiger partial charge is 0.138 e. The Labute approximate surface area is 93.1 Å². The van der Waals surface area contributed by atoms with Crippen LogP contribution in [0.4, 0.5) is 0 Å². The molecule has 1 aromatic heterocycles. The molecule has 0 atom stereocenters. The largest absolute Gasteiger partial charge is 0.223 e. The quantitative estimate of drug-likeness (QED) is 0.741. The lowest BCUT2D eigenvalue weighted by atomic mass is 10.2. The number of nitrogens with zero attached hydrogens (tertiary/aromatic N) is 3. The summed E-state index contributed by atoms with van der Waals surface area (Å²) in [6, 6.07) is 7.85. The van der Waals surface area contributed by atoms with Crippen LogP contribution < -0.4 is 0 Å². The second-order valence-corrected chi connectivity index (χ2v) is 2.87. The van der Waals surface area contributed by atoms with Gasteiger partial charge in [-0.15, -0.1) is 24.0 Å². The monoisotopic (exact) mass is 229 g/mol. The number of alkyl halides is 1. The summed E-state index contributed by atoms with van der Waals surface area (Å²) in [4.78, 5) is 3.88. The Morgan fingerprint density at radius 1 is 1.29 bits per heavy atom. The van der Waals surface area contributed by atoms with Crippen molar-refractivity contribution in [2.75, 3.05) is 0 Å². The number of para-hydroxylation sites is 1. The van der Waals surface area contributed by atoms with Crippen molar-refractivity contribution < 1.29 is 0 Å². The average Bonchev–Trinajstić information content (AvgIpc) is 2.70. The number of hydrogen-bond acceptors (Lipinski definition) is 2. The highest BCUT2D eigenvalue weighted by molar-refractivity contribution is 6.17. The standard InChI is InChI=1S/C9H8ClN3.ClH/c10-5-8-3-1-2-4-9(8)13-7-11-6-12-13;/h1-4,6-7H,5H2;1H. The van der Waals surface area contributed by atoms with Crippen molar-refractivity contribution >= 4 is 24.0 Å². The Bertz CT molecular complexity index is 387. The minimum absolute atomic E-state index is 0. The first kappa shape index (κ1) is 11.0. The molecule has 0 saturated carbocycles. The zero-order chi connectivity index (χ0) is 9.10. The molecule has 0 radical (unpaired) electrons. The molecular formula is C9H9Cl2N3. The third kappa shape index (κ3) is 2.05. The highest BCUT2D eigenvalue weighted by Crippen LogP contribution is 2.14. The molecular weight excluding hydrogens is 221 g/mol. The summed E-state index contributed by atoms with van der Waals surface area (Å²) in [5.41, 5.74) is 2.03. The molecule has 3 nitrogen and oxygen atoms in total. The molecule has 2 aromatic rings. The highest BCUT2D eigenvalue weighted by atomic mass is 35.5. The maximum absolute atomic E-state index is 5.79. The van der Waals surface area contributed by atoms with Crippen molar-refractivity contribution in [3.05, 3.63) is 42.5 Å². The van der Waals surface area contributed by atoms with Crippen LogP contribution in [0.1, 0.15) is 5.56 Å². The van der Waals surface area contributed by atoms with E-state index in [1.807, 2.05) is 24.3 Å². The van der Waals surface area contributed by atoms with E-state index in [4.69, 9.17) is 11.6 Å². The Morgan fingerprint density at radius 3 is 2.71 bits per heavy atom. The van der Waals surface area contributed by atoms with Crippen LogP contribution in [-0.2, 0) is 5.88 Å². The molecule has 0 bridgehead atoms. The van der Waals surface area contributed by atoms with Gasteiger partial charge in [0.25, 0.3) is 0 Å². The summed E-state index contributed by atoms with van der Waals surface area (Å²) >= 11 is 5.79. The molecule has 0 fully saturated rings. The van der Waals surface area contributed by atoms with Crippen molar-refractivity contribution in [3.8, 4) is 5.69 Å². The fraction of sp³-hybridized carbons (Fsp3) is 0.111. The minimum atomic E-state index is 0. The maximum Gasteiger partial charge on any atom is 0.138 e. The molecule has 14 heavy (non-hydrogen) atoms. The maximum atomic E-state index is 5.79. The first-order valence-electron chi connectivity index (χ1n) is 3.90. The van der Waals surface area contributed by atoms with Crippen molar-refractivity contribution in [1.82, 2.24) is 14.8 Å². The van der Waals surface area contributed by atoms with E-state index in [9.17, 15) is 0 Å². The van der Waals surface area contributed by atoms with Crippen LogP contribution >= 0.6 is 24.0 Å². The van der Waals surface area contributed by atoms with Gasteiger partial charge >= 0.3 is 0 Å². The molecule has 0 amide bonds. The Hall–Kier alpha value is -1.06. The van der Waals surface area contributed by atoms with E-state index in [0.717, 1.165) is 11.3 Å². The van der Waals surface area contributed by atoms with E-state index in [0.29, 0.717) is 5.88 Å². The van der Waals surface area contributed by atoms with Crippen LogP contribution in [0.5, 0.6) is 0 Å². The van der Waals surface area contributed by atoms with Crippen LogP contribution in [-0.4, -0.2) is 14.8 Å². The molecule has 5 heteroatoms. The Balaban J connectivity index is 0.000000980. The zero-order valence-corrected chi connectivity index (χ0v) is 8.87. The third-order valence-electron chi connectivity index (χ3n) is 1.80. The second-order valence-electron chi connectivity index (χ2n) is 2.60. The number of aromatic nitrogens is 3. The molecule has 0 unspecified atom stereocenters. The van der Waals surface area contributed by atoms with Gasteiger partial charge in [-0.1, -0.05) is 18.2 Å². The van der Waals surface area contributed by atoms with Gasteiger partial charge in [0, 0.05) is 5.88 Å². The molecule has 1 aromatic carbocycles. The van der Waals surface area contributed by atoms with Crippen molar-refractivity contribution in [2.24, 2.45) is 0 Å². The van der Waals surface area contributed by atoms with Crippen molar-refractivity contribution in [3.63, 3.8) is 0 Å². The van der Waals surface area contributed by atoms with Gasteiger partial charge in [0.2, 0.25) is 0 Å². The zero-order valence-electron chi connectivity index (χ0n) is 7.30. The first-order chi connectivity index (χ1) is 6.42. The van der Waals surface area contributed by atoms with Gasteiger partial charge in [-0.25, -0.2) is 9.67 Å². The van der Waals surface area contributed by atoms with Crippen LogP contribution in [0.15, 0.2) is 36.9 Å². The third-order valence-corrected chi connectivity index (χ3v) is 2.09. The summed E-state index contributed by atoms with van der Waals surface area (Å²) in [6.45, 7) is 0. The molecule has 1 heterocycles. The van der Waals surface area contributed by atoms with Crippen molar-refractivity contribution in [2.45, 2.75) is 5.88 Å². The predicted octanol–water partition coefficient (Wildman–Crippen LogP) is 2.43. The van der Waals surface area contributed by atoms with E-state index in [2.05, 4.69) is 10.1 Å². The highest BCUT2D eigenvalue weighted by Gasteiger charge is 2.01. The second kappa shape index (κ2) is 4.98. The number of benzene rings is 1. The fourth-order valence-corrected chi connectivity index (χ4v) is 1.41. The van der Waals surface area contributed by atoms with Gasteiger partial charge in [0.1, 0.15) is 12.7 Å². The van der Waals surface area contributed by atoms with Crippen molar-refractivity contribution in [1.29, 1.82) is 0 Å². The van der Waals surface area contributed by atoms with E-state index in [1.54, 1.807) is 11.0 Å². The Kier molecular flexibility index (Phi) is 3.92. The van der Waals surface area contributed by atoms with E-state index < -0.39 is 0 Å². The molecule has 0 aliphatic carbocycles. The fourth-order valence-electron chi connectivity index (χ4n) is 1.18. The van der Waals surface area contributed by atoms with Gasteiger partial charge < -0.3 is 0 Å². The molecule has 74 valence electrons. The van der Waals surface area contributed by atoms with Crippen LogP contribution in [0.25, 0.3) is 5.69 Å². The van der Waals surface area contributed by atoms with Gasteiger partial charge in [0.05, 0.1) is 5.69 Å². The summed E-state index contributed by atoms with van der Waals surface area (Å²) in [5, 5.41) is 4.04. The SMILES string of the molecule is Cl.ClCc1ccccc1-n1cncn1. The molecule has 2 rings (SSSR count). The summed E-state index contributed by atoms with van der Waals surface area (Å²) < 4.78 is 1.71. The molecule has 0 spiro atoms. The molecule has 0 aliphatic rings. The van der Waals surface area contributed by atoms with Crippen LogP contribution in [0, 0.1) is 0 Å². The lowest BCUT2D eigenvalue weighted by Gasteiger charge is -2.04. The summed E-state index contributed by atoms with van der Waals surface area (Å²) in [5.74, 6) is 0.482. The Morgan fingerprint density at radius 2 is 2.07 bits per heavy atom. The average molecular weight is 230 g/mol. The van der Waals surface area contributed by atoms with Crippen LogP contribution in [0.2, 0.25) is 0 Å². The van der Waals surface area contributed by atoms with Gasteiger partial charge in [-0.3, -0.25) is 0 Å². The number of halogens is 2. The predicted molar refractivity (Wildman–Crippen MR) is 58.2 cm³/mol. The first-order valence-corrected chi connectivity index (χ1v) is 4.44. The van der Waals surface area contributed by atoms with E-state index in [-0.39, 0.29) is 12.4 Å². The van der Waals surface area contributed by atoms with Gasteiger partial charge in [-0.05, 0) is 11.6 Å². The molecule has 0 N–H and O–H groups in total. The summed E-state index contributed by atoms with van der Waals surface area (Å²) in [6.07, 6.45) is 3.16. The minimum Gasteiger partial charge on any atom is -0.223 e. The molecule has 0 saturated heterocycles. The van der Waals surface area contributed by atoms with E-state index >= 15 is 0 Å². The van der Waals surface area contributed by atoms with Gasteiger partial charge in [0.15, 0.2) is 0 Å². The molecule has 0 aliphatic heterocycles. The van der Waals surface area contributed by atoms with Gasteiger partial charge in [-0.2, -0.15) is 5.10 Å². The number of rotatable bonds is 2. The normalized spacial score (nSPS) is 9.50. The van der Waals surface area contributed by atoms with E-state index in [1.165, 1.54) is 6.33 Å². The summed E-state index contributed by atoms with van der Waals surface area (Å²) in [7, 11) is 0. The van der Waals surface area contributed by atoms with Crippen LogP contribution in [0.3, 0.4) is 0 Å². The lowest BCUT2D eigenvalue weighted by molar-refractivity contribution is 0.869. The topological polar surface area (TPSA) is 30.7 Å². The number of hydrogen-bond donors (Lipinski definition) is 0. The lowest BCUT2D eigenvalue weighted by Crippen LogP contribution is -1.98.